The van der Waals surface area contributed by atoms with Crippen LogP contribution in [0.1, 0.15) is 39.3 Å². The second-order valence-corrected chi connectivity index (χ2v) is 7.10. The van der Waals surface area contributed by atoms with Crippen molar-refractivity contribution in [2.24, 2.45) is 0 Å². The molecule has 0 aliphatic carbocycles. The molecule has 0 atom stereocenters. The third-order valence-corrected chi connectivity index (χ3v) is 3.92. The summed E-state index contributed by atoms with van der Waals surface area (Å²) in [5, 5.41) is 5.48. The third kappa shape index (κ3) is 3.47. The monoisotopic (exact) mass is 316 g/mol. The smallest absolute Gasteiger partial charge is 0.435 e. The summed E-state index contributed by atoms with van der Waals surface area (Å²) in [6.07, 6.45) is 1.97. The van der Waals surface area contributed by atoms with E-state index in [2.05, 4.69) is 10.00 Å². The van der Waals surface area contributed by atoms with Crippen molar-refractivity contribution in [3.63, 3.8) is 0 Å². The number of aromatic nitrogens is 2. The second-order valence-electron chi connectivity index (χ2n) is 7.10. The summed E-state index contributed by atoms with van der Waals surface area (Å²) < 4.78 is 6.80. The topological polar surface area (TPSA) is 73.4 Å². The Labute approximate surface area is 136 Å². The minimum Gasteiger partial charge on any atom is -0.442 e. The third-order valence-electron chi connectivity index (χ3n) is 3.92. The summed E-state index contributed by atoms with van der Waals surface area (Å²) in [6, 6.07) is 5.56. The largest absolute Gasteiger partial charge is 0.442 e. The van der Waals surface area contributed by atoms with Gasteiger partial charge in [0.1, 0.15) is 5.60 Å². The van der Waals surface area contributed by atoms with Crippen molar-refractivity contribution in [2.75, 3.05) is 18.8 Å². The van der Waals surface area contributed by atoms with Gasteiger partial charge in [0.05, 0.1) is 11.2 Å². The van der Waals surface area contributed by atoms with E-state index in [9.17, 15) is 4.79 Å². The number of nitrogens with two attached hydrogens (primary N) is 1. The molecular weight excluding hydrogens is 292 g/mol. The van der Waals surface area contributed by atoms with Crippen molar-refractivity contribution in [1.29, 1.82) is 0 Å². The van der Waals surface area contributed by atoms with Crippen LogP contribution in [0.5, 0.6) is 0 Å². The quantitative estimate of drug-likeness (QED) is 0.862. The zero-order valence-electron chi connectivity index (χ0n) is 14.0. The molecule has 2 heterocycles. The molecule has 3 rings (SSSR count). The number of ether oxygens (including phenoxy) is 1. The molecule has 1 aliphatic rings. The highest BCUT2D eigenvalue weighted by molar-refractivity contribution is 5.91. The summed E-state index contributed by atoms with van der Waals surface area (Å²) in [4.78, 5) is 14.8. The highest BCUT2D eigenvalue weighted by atomic mass is 16.6. The average molecular weight is 316 g/mol. The Morgan fingerprint density at radius 2 is 2.00 bits per heavy atom. The summed E-state index contributed by atoms with van der Waals surface area (Å²) in [6.45, 7) is 8.43. The van der Waals surface area contributed by atoms with Crippen LogP contribution in [-0.2, 0) is 11.3 Å². The number of hydrogen-bond donors (Lipinski definition) is 1. The highest BCUT2D eigenvalue weighted by Crippen LogP contribution is 2.24. The maximum absolute atomic E-state index is 12.5. The van der Waals surface area contributed by atoms with Crippen molar-refractivity contribution < 1.29 is 9.53 Å². The molecule has 1 aliphatic heterocycles. The standard InChI is InChI=1S/C17H24N4O2/c1-17(2,3)23-16(22)21-15-10-12(18)6-7-13(15)14(19-21)11-20-8-4-5-9-20/h6-7,10H,4-5,8-9,11,18H2,1-3H3. The van der Waals surface area contributed by atoms with E-state index < -0.39 is 11.7 Å². The zero-order chi connectivity index (χ0) is 16.6. The van der Waals surface area contributed by atoms with E-state index in [0.29, 0.717) is 11.2 Å². The number of fused-ring (bicyclic) bond motifs is 1. The van der Waals surface area contributed by atoms with Crippen LogP contribution in [0.2, 0.25) is 0 Å². The van der Waals surface area contributed by atoms with E-state index >= 15 is 0 Å². The predicted molar refractivity (Wildman–Crippen MR) is 90.3 cm³/mol. The van der Waals surface area contributed by atoms with Gasteiger partial charge in [-0.25, -0.2) is 4.79 Å². The molecule has 1 aromatic heterocycles. The first-order chi connectivity index (χ1) is 10.8. The Morgan fingerprint density at radius 3 is 2.65 bits per heavy atom. The molecule has 6 heteroatoms. The number of carbonyl (C=O) groups excluding carboxylic acids is 1. The molecule has 1 saturated heterocycles. The van der Waals surface area contributed by atoms with E-state index in [4.69, 9.17) is 10.5 Å². The van der Waals surface area contributed by atoms with Crippen LogP contribution in [0.15, 0.2) is 18.2 Å². The summed E-state index contributed by atoms with van der Waals surface area (Å²) in [5.74, 6) is 0. The zero-order valence-corrected chi connectivity index (χ0v) is 14.0. The van der Waals surface area contributed by atoms with Gasteiger partial charge in [-0.05, 0) is 64.9 Å². The van der Waals surface area contributed by atoms with Gasteiger partial charge in [-0.1, -0.05) is 0 Å². The number of carbonyl (C=O) groups is 1. The maximum Gasteiger partial charge on any atom is 0.435 e. The van der Waals surface area contributed by atoms with Crippen LogP contribution in [0.4, 0.5) is 10.5 Å². The number of rotatable bonds is 2. The molecule has 0 amide bonds. The SMILES string of the molecule is CC(C)(C)OC(=O)n1nc(CN2CCCC2)c2ccc(N)cc21. The first-order valence-electron chi connectivity index (χ1n) is 8.06. The first kappa shape index (κ1) is 15.8. The summed E-state index contributed by atoms with van der Waals surface area (Å²) in [7, 11) is 0. The number of nitrogens with zero attached hydrogens (tertiary/aromatic N) is 3. The average Bonchev–Trinajstić information content (AvgIpc) is 3.05. The first-order valence-corrected chi connectivity index (χ1v) is 8.06. The molecule has 6 nitrogen and oxygen atoms in total. The number of anilines is 1. The molecule has 23 heavy (non-hydrogen) atoms. The molecule has 1 aromatic carbocycles. The number of nitrogen functional groups attached to an aromatic ring is 1. The molecule has 0 bridgehead atoms. The highest BCUT2D eigenvalue weighted by Gasteiger charge is 2.23. The van der Waals surface area contributed by atoms with Gasteiger partial charge in [-0.15, -0.1) is 0 Å². The number of hydrogen-bond acceptors (Lipinski definition) is 5. The Bertz CT molecular complexity index is 724. The molecular formula is C17H24N4O2. The fourth-order valence-corrected chi connectivity index (χ4v) is 2.91. The van der Waals surface area contributed by atoms with Gasteiger partial charge in [-0.3, -0.25) is 4.90 Å². The molecule has 0 unspecified atom stereocenters. The van der Waals surface area contributed by atoms with E-state index in [1.54, 1.807) is 6.07 Å². The van der Waals surface area contributed by atoms with E-state index in [-0.39, 0.29) is 0 Å². The van der Waals surface area contributed by atoms with Crippen LogP contribution in [-0.4, -0.2) is 39.5 Å². The van der Waals surface area contributed by atoms with Gasteiger partial charge < -0.3 is 10.5 Å². The Balaban J connectivity index is 1.99. The Morgan fingerprint density at radius 1 is 1.30 bits per heavy atom. The lowest BCUT2D eigenvalue weighted by Crippen LogP contribution is -2.28. The molecule has 2 aromatic rings. The van der Waals surface area contributed by atoms with Crippen molar-refractivity contribution in [3.8, 4) is 0 Å². The lowest BCUT2D eigenvalue weighted by molar-refractivity contribution is 0.0521. The molecule has 1 fully saturated rings. The van der Waals surface area contributed by atoms with Crippen LogP contribution < -0.4 is 5.73 Å². The van der Waals surface area contributed by atoms with Crippen molar-refractivity contribution >= 4 is 22.7 Å². The predicted octanol–water partition coefficient (Wildman–Crippen LogP) is 3.00. The fraction of sp³-hybridized carbons (Fsp3) is 0.529. The van der Waals surface area contributed by atoms with Crippen LogP contribution in [0.3, 0.4) is 0 Å². The second kappa shape index (κ2) is 5.85. The van der Waals surface area contributed by atoms with Crippen molar-refractivity contribution in [2.45, 2.75) is 45.8 Å². The Hall–Kier alpha value is -2.08. The molecule has 124 valence electrons. The number of benzene rings is 1. The minimum atomic E-state index is -0.565. The van der Waals surface area contributed by atoms with E-state index in [0.717, 1.165) is 30.7 Å². The lowest BCUT2D eigenvalue weighted by Gasteiger charge is -2.19. The van der Waals surface area contributed by atoms with Gasteiger partial charge in [-0.2, -0.15) is 9.78 Å². The van der Waals surface area contributed by atoms with Gasteiger partial charge in [0.2, 0.25) is 0 Å². The van der Waals surface area contributed by atoms with E-state index in [1.165, 1.54) is 17.5 Å². The Kier molecular flexibility index (Phi) is 4.02. The number of likely N-dealkylation sites (tertiary alicyclic amines) is 1. The minimum absolute atomic E-state index is 0.472. The van der Waals surface area contributed by atoms with Gasteiger partial charge in [0.25, 0.3) is 0 Å². The van der Waals surface area contributed by atoms with Crippen molar-refractivity contribution in [3.05, 3.63) is 23.9 Å². The fourth-order valence-electron chi connectivity index (χ4n) is 2.91. The van der Waals surface area contributed by atoms with Crippen LogP contribution in [0.25, 0.3) is 10.9 Å². The molecule has 0 spiro atoms. The van der Waals surface area contributed by atoms with Gasteiger partial charge in [0.15, 0.2) is 0 Å². The van der Waals surface area contributed by atoms with Crippen molar-refractivity contribution in [1.82, 2.24) is 14.7 Å². The van der Waals surface area contributed by atoms with Gasteiger partial charge >= 0.3 is 6.09 Å². The van der Waals surface area contributed by atoms with Crippen LogP contribution in [0, 0.1) is 0 Å². The molecule has 2 N–H and O–H groups in total. The lowest BCUT2D eigenvalue weighted by atomic mass is 10.2. The van der Waals surface area contributed by atoms with Gasteiger partial charge in [0, 0.05) is 17.6 Å². The molecule has 0 radical (unpaired) electrons. The van der Waals surface area contributed by atoms with Crippen LogP contribution >= 0.6 is 0 Å². The summed E-state index contributed by atoms with van der Waals surface area (Å²) >= 11 is 0. The molecule has 0 saturated carbocycles. The maximum atomic E-state index is 12.5. The summed E-state index contributed by atoms with van der Waals surface area (Å²) in [5.41, 5.74) is 7.53. The van der Waals surface area contributed by atoms with E-state index in [1.807, 2.05) is 32.9 Å². The normalized spacial score (nSPS) is 16.1.